The lowest BCUT2D eigenvalue weighted by atomic mass is 9.83. The first-order valence-corrected chi connectivity index (χ1v) is 6.82. The topological polar surface area (TPSA) is 38.0 Å². The maximum absolute atomic E-state index is 5.71. The highest BCUT2D eigenvalue weighted by atomic mass is 15.2. The van der Waals surface area contributed by atoms with Crippen LogP contribution in [-0.2, 0) is 0 Å². The number of benzene rings is 1. The van der Waals surface area contributed by atoms with Crippen LogP contribution < -0.4 is 11.3 Å². The van der Waals surface area contributed by atoms with E-state index in [1.807, 2.05) is 0 Å². The second-order valence-corrected chi connectivity index (χ2v) is 5.37. The summed E-state index contributed by atoms with van der Waals surface area (Å²) in [5, 5.41) is 0. The molecule has 3 N–H and O–H groups in total. The highest BCUT2D eigenvalue weighted by Crippen LogP contribution is 2.31. The number of aryl methyl sites for hydroxylation is 1. The molecule has 1 aliphatic carbocycles. The number of nitrogens with one attached hydrogen (secondary N) is 1. The van der Waals surface area contributed by atoms with Crippen molar-refractivity contribution >= 4 is 0 Å². The molecule has 0 saturated heterocycles. The summed E-state index contributed by atoms with van der Waals surface area (Å²) < 4.78 is 0. The van der Waals surface area contributed by atoms with Crippen molar-refractivity contribution in [2.75, 3.05) is 0 Å². The van der Waals surface area contributed by atoms with Gasteiger partial charge in [-0.15, -0.1) is 0 Å². The number of rotatable bonds is 4. The molecule has 0 aliphatic heterocycles. The molecule has 0 bridgehead atoms. The maximum atomic E-state index is 5.71. The van der Waals surface area contributed by atoms with Crippen LogP contribution in [0.4, 0.5) is 0 Å². The fourth-order valence-electron chi connectivity index (χ4n) is 2.86. The Morgan fingerprint density at radius 1 is 1.18 bits per heavy atom. The molecule has 1 aliphatic rings. The fourth-order valence-corrected chi connectivity index (χ4v) is 2.86. The molecule has 17 heavy (non-hydrogen) atoms. The summed E-state index contributed by atoms with van der Waals surface area (Å²) in [6.45, 7) is 2.12. The summed E-state index contributed by atoms with van der Waals surface area (Å²) in [5.41, 5.74) is 5.62. The molecule has 1 aromatic rings. The van der Waals surface area contributed by atoms with Crippen LogP contribution >= 0.6 is 0 Å². The zero-order valence-electron chi connectivity index (χ0n) is 10.8. The van der Waals surface area contributed by atoms with E-state index in [1.165, 1.54) is 49.7 Å². The Kier molecular flexibility index (Phi) is 4.57. The minimum atomic E-state index is 0.318. The van der Waals surface area contributed by atoms with Crippen molar-refractivity contribution in [3.8, 4) is 0 Å². The van der Waals surface area contributed by atoms with E-state index in [4.69, 9.17) is 5.84 Å². The second-order valence-electron chi connectivity index (χ2n) is 5.37. The smallest absolute Gasteiger partial charge is 0.0462 e. The van der Waals surface area contributed by atoms with Gasteiger partial charge in [-0.1, -0.05) is 61.9 Å². The molecular weight excluding hydrogens is 208 g/mol. The zero-order chi connectivity index (χ0) is 12.1. The number of hydrogen-bond donors (Lipinski definition) is 2. The van der Waals surface area contributed by atoms with Crippen LogP contribution in [0.2, 0.25) is 0 Å². The van der Waals surface area contributed by atoms with Crippen LogP contribution in [0.1, 0.15) is 55.7 Å². The van der Waals surface area contributed by atoms with Crippen molar-refractivity contribution in [3.63, 3.8) is 0 Å². The lowest BCUT2D eigenvalue weighted by Gasteiger charge is -2.26. The van der Waals surface area contributed by atoms with Crippen LogP contribution in [0.3, 0.4) is 0 Å². The third-order valence-electron chi connectivity index (χ3n) is 3.97. The third-order valence-corrected chi connectivity index (χ3v) is 3.97. The Morgan fingerprint density at radius 2 is 1.82 bits per heavy atom. The van der Waals surface area contributed by atoms with Crippen LogP contribution in [0.25, 0.3) is 0 Å². The predicted molar refractivity (Wildman–Crippen MR) is 72.4 cm³/mol. The number of hydrogen-bond acceptors (Lipinski definition) is 2. The fraction of sp³-hybridized carbons (Fsp3) is 0.600. The Morgan fingerprint density at radius 3 is 2.41 bits per heavy atom. The van der Waals surface area contributed by atoms with E-state index in [9.17, 15) is 0 Å². The van der Waals surface area contributed by atoms with Gasteiger partial charge in [0.25, 0.3) is 0 Å². The van der Waals surface area contributed by atoms with Crippen molar-refractivity contribution in [1.82, 2.24) is 5.43 Å². The van der Waals surface area contributed by atoms with Crippen LogP contribution in [0.5, 0.6) is 0 Å². The quantitative estimate of drug-likeness (QED) is 0.616. The second kappa shape index (κ2) is 6.18. The molecule has 1 aromatic carbocycles. The van der Waals surface area contributed by atoms with Gasteiger partial charge in [-0.05, 0) is 24.8 Å². The summed E-state index contributed by atoms with van der Waals surface area (Å²) in [5.74, 6) is 6.56. The van der Waals surface area contributed by atoms with Gasteiger partial charge in [0.15, 0.2) is 0 Å². The largest absolute Gasteiger partial charge is 0.271 e. The average molecular weight is 232 g/mol. The van der Waals surface area contributed by atoms with Gasteiger partial charge >= 0.3 is 0 Å². The summed E-state index contributed by atoms with van der Waals surface area (Å²) in [4.78, 5) is 0. The van der Waals surface area contributed by atoms with Gasteiger partial charge in [0.1, 0.15) is 0 Å². The van der Waals surface area contributed by atoms with E-state index in [0.717, 1.165) is 5.92 Å². The van der Waals surface area contributed by atoms with E-state index in [0.29, 0.717) is 6.04 Å². The molecule has 0 amide bonds. The summed E-state index contributed by atoms with van der Waals surface area (Å²) in [6, 6.07) is 9.05. The first-order chi connectivity index (χ1) is 8.29. The molecule has 1 saturated carbocycles. The van der Waals surface area contributed by atoms with Crippen molar-refractivity contribution in [1.29, 1.82) is 0 Å². The highest BCUT2D eigenvalue weighted by Gasteiger charge is 2.19. The normalized spacial score (nSPS) is 19.2. The van der Waals surface area contributed by atoms with E-state index in [1.54, 1.807) is 0 Å². The van der Waals surface area contributed by atoms with Crippen molar-refractivity contribution in [3.05, 3.63) is 35.4 Å². The van der Waals surface area contributed by atoms with Crippen LogP contribution in [-0.4, -0.2) is 0 Å². The Hall–Kier alpha value is -0.860. The van der Waals surface area contributed by atoms with E-state index in [2.05, 4.69) is 36.6 Å². The number of hydrazine groups is 1. The SMILES string of the molecule is Cc1ccc(C(CC2CCCCC2)NN)cc1. The number of nitrogens with two attached hydrogens (primary N) is 1. The van der Waals surface area contributed by atoms with Gasteiger partial charge in [0, 0.05) is 6.04 Å². The van der Waals surface area contributed by atoms with Gasteiger partial charge in [0.05, 0.1) is 0 Å². The Balaban J connectivity index is 1.97. The highest BCUT2D eigenvalue weighted by molar-refractivity contribution is 5.24. The molecule has 0 aromatic heterocycles. The summed E-state index contributed by atoms with van der Waals surface area (Å²) in [6.07, 6.45) is 8.15. The Labute approximate surface area is 105 Å². The molecule has 1 unspecified atom stereocenters. The molecule has 1 atom stereocenters. The molecule has 1 fully saturated rings. The van der Waals surface area contributed by atoms with Gasteiger partial charge in [-0.25, -0.2) is 0 Å². The van der Waals surface area contributed by atoms with Crippen molar-refractivity contribution < 1.29 is 0 Å². The van der Waals surface area contributed by atoms with Crippen LogP contribution in [0, 0.1) is 12.8 Å². The summed E-state index contributed by atoms with van der Waals surface area (Å²) >= 11 is 0. The Bertz CT molecular complexity index is 325. The molecular formula is C15H24N2. The first-order valence-electron chi connectivity index (χ1n) is 6.82. The third kappa shape index (κ3) is 3.55. The molecule has 2 nitrogen and oxygen atoms in total. The minimum absolute atomic E-state index is 0.318. The molecule has 0 spiro atoms. The van der Waals surface area contributed by atoms with E-state index >= 15 is 0 Å². The first kappa shape index (κ1) is 12.6. The van der Waals surface area contributed by atoms with Crippen LogP contribution in [0.15, 0.2) is 24.3 Å². The minimum Gasteiger partial charge on any atom is -0.271 e. The van der Waals surface area contributed by atoms with Gasteiger partial charge in [0.2, 0.25) is 0 Å². The zero-order valence-corrected chi connectivity index (χ0v) is 10.8. The van der Waals surface area contributed by atoms with E-state index < -0.39 is 0 Å². The molecule has 94 valence electrons. The van der Waals surface area contributed by atoms with Crippen molar-refractivity contribution in [2.45, 2.75) is 51.5 Å². The maximum Gasteiger partial charge on any atom is 0.0462 e. The average Bonchev–Trinajstić information content (AvgIpc) is 2.38. The van der Waals surface area contributed by atoms with E-state index in [-0.39, 0.29) is 0 Å². The lowest BCUT2D eigenvalue weighted by Crippen LogP contribution is -2.30. The molecule has 2 heteroatoms. The molecule has 0 heterocycles. The van der Waals surface area contributed by atoms with Crippen molar-refractivity contribution in [2.24, 2.45) is 11.8 Å². The monoisotopic (exact) mass is 232 g/mol. The molecule has 0 radical (unpaired) electrons. The van der Waals surface area contributed by atoms with Gasteiger partial charge < -0.3 is 0 Å². The standard InChI is InChI=1S/C15H24N2/c1-12-7-9-14(10-8-12)15(17-16)11-13-5-3-2-4-6-13/h7-10,13,15,17H,2-6,11,16H2,1H3. The van der Waals surface area contributed by atoms with Gasteiger partial charge in [-0.3, -0.25) is 11.3 Å². The lowest BCUT2D eigenvalue weighted by molar-refractivity contribution is 0.301. The predicted octanol–water partition coefficient (Wildman–Crippen LogP) is 3.47. The van der Waals surface area contributed by atoms with Gasteiger partial charge in [-0.2, -0.15) is 0 Å². The summed E-state index contributed by atoms with van der Waals surface area (Å²) in [7, 11) is 0. The molecule has 2 rings (SSSR count).